The van der Waals surface area contributed by atoms with Gasteiger partial charge in [-0.3, -0.25) is 4.79 Å². The summed E-state index contributed by atoms with van der Waals surface area (Å²) in [5.41, 5.74) is 2.52. The number of nitrogens with zero attached hydrogens (tertiary/aromatic N) is 2. The summed E-state index contributed by atoms with van der Waals surface area (Å²) >= 11 is 3.39. The molecule has 0 atom stereocenters. The van der Waals surface area contributed by atoms with E-state index < -0.39 is 5.97 Å². The van der Waals surface area contributed by atoms with Crippen molar-refractivity contribution in [2.75, 3.05) is 0 Å². The molecule has 1 heterocycles. The van der Waals surface area contributed by atoms with Crippen molar-refractivity contribution >= 4 is 32.9 Å². The fourth-order valence-electron chi connectivity index (χ4n) is 2.19. The second kappa shape index (κ2) is 5.09. The van der Waals surface area contributed by atoms with Crippen LogP contribution in [0.15, 0.2) is 53.0 Å². The van der Waals surface area contributed by atoms with E-state index in [0.29, 0.717) is 5.82 Å². The van der Waals surface area contributed by atoms with Gasteiger partial charge in [-0.1, -0.05) is 40.2 Å². The maximum Gasteiger partial charge on any atom is 0.323 e. The van der Waals surface area contributed by atoms with Crippen molar-refractivity contribution in [3.05, 3.63) is 53.0 Å². The predicted octanol–water partition coefficient (Wildman–Crippen LogP) is 3.55. The number of rotatable bonds is 3. The number of hydrogen-bond acceptors (Lipinski definition) is 2. The summed E-state index contributed by atoms with van der Waals surface area (Å²) < 4.78 is 2.70. The Morgan fingerprint density at radius 3 is 2.55 bits per heavy atom. The molecule has 0 saturated carbocycles. The van der Waals surface area contributed by atoms with Crippen molar-refractivity contribution in [1.29, 1.82) is 0 Å². The van der Waals surface area contributed by atoms with E-state index in [1.165, 1.54) is 0 Å². The molecule has 0 fully saturated rings. The molecule has 0 radical (unpaired) electrons. The van der Waals surface area contributed by atoms with Crippen LogP contribution in [0.1, 0.15) is 0 Å². The maximum absolute atomic E-state index is 11.1. The molecule has 0 aliphatic rings. The van der Waals surface area contributed by atoms with Crippen molar-refractivity contribution < 1.29 is 9.90 Å². The normalized spacial score (nSPS) is 10.8. The number of imidazole rings is 1. The van der Waals surface area contributed by atoms with Crippen LogP contribution in [0.2, 0.25) is 0 Å². The Balaban J connectivity index is 2.23. The predicted molar refractivity (Wildman–Crippen MR) is 80.5 cm³/mol. The van der Waals surface area contributed by atoms with Gasteiger partial charge < -0.3 is 9.67 Å². The van der Waals surface area contributed by atoms with Crippen molar-refractivity contribution in [3.8, 4) is 11.4 Å². The number of aliphatic carboxylic acids is 1. The van der Waals surface area contributed by atoms with Crippen LogP contribution in [0, 0.1) is 0 Å². The first-order valence-electron chi connectivity index (χ1n) is 6.08. The molecule has 0 saturated heterocycles. The molecule has 0 bridgehead atoms. The quantitative estimate of drug-likeness (QED) is 0.798. The van der Waals surface area contributed by atoms with Gasteiger partial charge in [0.1, 0.15) is 12.4 Å². The molecule has 1 N–H and O–H groups in total. The Morgan fingerprint density at radius 1 is 1.15 bits per heavy atom. The molecule has 1 aromatic heterocycles. The fourth-order valence-corrected chi connectivity index (χ4v) is 2.45. The zero-order valence-corrected chi connectivity index (χ0v) is 12.0. The fraction of sp³-hybridized carbons (Fsp3) is 0.0667. The lowest BCUT2D eigenvalue weighted by atomic mass is 10.2. The van der Waals surface area contributed by atoms with Crippen LogP contribution in [0.25, 0.3) is 22.4 Å². The zero-order valence-electron chi connectivity index (χ0n) is 10.5. The Bertz CT molecular complexity index is 778. The maximum atomic E-state index is 11.1. The van der Waals surface area contributed by atoms with Gasteiger partial charge in [0, 0.05) is 10.0 Å². The van der Waals surface area contributed by atoms with Crippen LogP contribution in [-0.2, 0) is 11.3 Å². The third-order valence-electron chi connectivity index (χ3n) is 3.05. The summed E-state index contributed by atoms with van der Waals surface area (Å²) in [6.45, 7) is -0.105. The number of halogens is 1. The molecule has 2 aromatic carbocycles. The Hall–Kier alpha value is -2.14. The first kappa shape index (κ1) is 12.9. The number of fused-ring (bicyclic) bond motifs is 1. The molecule has 0 amide bonds. The van der Waals surface area contributed by atoms with Gasteiger partial charge >= 0.3 is 5.97 Å². The Morgan fingerprint density at radius 2 is 1.85 bits per heavy atom. The molecule has 0 aliphatic carbocycles. The van der Waals surface area contributed by atoms with Crippen LogP contribution in [0.5, 0.6) is 0 Å². The SMILES string of the molecule is O=C(O)Cn1c(-c2ccc(Br)cc2)nc2ccccc21. The van der Waals surface area contributed by atoms with Gasteiger partial charge in [-0.15, -0.1) is 0 Å². The van der Waals surface area contributed by atoms with E-state index in [2.05, 4.69) is 20.9 Å². The highest BCUT2D eigenvalue weighted by Gasteiger charge is 2.14. The molecular formula is C15H11BrN2O2. The van der Waals surface area contributed by atoms with E-state index >= 15 is 0 Å². The smallest absolute Gasteiger partial charge is 0.323 e. The van der Waals surface area contributed by atoms with Crippen LogP contribution in [0.3, 0.4) is 0 Å². The van der Waals surface area contributed by atoms with Gasteiger partial charge in [0.2, 0.25) is 0 Å². The number of benzene rings is 2. The molecule has 0 spiro atoms. The van der Waals surface area contributed by atoms with E-state index in [9.17, 15) is 4.79 Å². The molecule has 20 heavy (non-hydrogen) atoms. The summed E-state index contributed by atoms with van der Waals surface area (Å²) in [6, 6.07) is 15.2. The lowest BCUT2D eigenvalue weighted by Crippen LogP contribution is -2.09. The molecule has 0 aliphatic heterocycles. The van der Waals surface area contributed by atoms with Gasteiger partial charge in [-0.05, 0) is 24.3 Å². The molecule has 0 unspecified atom stereocenters. The molecule has 3 aromatic rings. The van der Waals surface area contributed by atoms with Crippen molar-refractivity contribution in [3.63, 3.8) is 0 Å². The Kier molecular flexibility index (Phi) is 3.28. The summed E-state index contributed by atoms with van der Waals surface area (Å²) in [5.74, 6) is -0.215. The van der Waals surface area contributed by atoms with E-state index in [0.717, 1.165) is 21.1 Å². The van der Waals surface area contributed by atoms with Crippen molar-refractivity contribution in [1.82, 2.24) is 9.55 Å². The monoisotopic (exact) mass is 330 g/mol. The summed E-state index contributed by atoms with van der Waals surface area (Å²) in [6.07, 6.45) is 0. The van der Waals surface area contributed by atoms with Crippen LogP contribution >= 0.6 is 15.9 Å². The van der Waals surface area contributed by atoms with Crippen LogP contribution in [0.4, 0.5) is 0 Å². The average Bonchev–Trinajstić information content (AvgIpc) is 2.78. The van der Waals surface area contributed by atoms with E-state index in [4.69, 9.17) is 5.11 Å². The van der Waals surface area contributed by atoms with Crippen molar-refractivity contribution in [2.24, 2.45) is 0 Å². The third kappa shape index (κ3) is 2.32. The van der Waals surface area contributed by atoms with Gasteiger partial charge in [0.25, 0.3) is 0 Å². The molecule has 5 heteroatoms. The first-order chi connectivity index (χ1) is 9.65. The summed E-state index contributed by atoms with van der Waals surface area (Å²) in [4.78, 5) is 15.6. The summed E-state index contributed by atoms with van der Waals surface area (Å²) in [5, 5.41) is 9.10. The third-order valence-corrected chi connectivity index (χ3v) is 3.58. The number of para-hydroxylation sites is 2. The average molecular weight is 331 g/mol. The largest absolute Gasteiger partial charge is 0.480 e. The number of hydrogen-bond donors (Lipinski definition) is 1. The van der Waals surface area contributed by atoms with E-state index in [1.54, 1.807) is 4.57 Å². The van der Waals surface area contributed by atoms with Crippen molar-refractivity contribution in [2.45, 2.75) is 6.54 Å². The topological polar surface area (TPSA) is 55.1 Å². The highest BCUT2D eigenvalue weighted by atomic mass is 79.9. The van der Waals surface area contributed by atoms with E-state index in [-0.39, 0.29) is 6.54 Å². The summed E-state index contributed by atoms with van der Waals surface area (Å²) in [7, 11) is 0. The van der Waals surface area contributed by atoms with Gasteiger partial charge in [0.15, 0.2) is 0 Å². The van der Waals surface area contributed by atoms with Gasteiger partial charge in [-0.2, -0.15) is 0 Å². The second-order valence-electron chi connectivity index (χ2n) is 4.41. The highest BCUT2D eigenvalue weighted by Crippen LogP contribution is 2.25. The second-order valence-corrected chi connectivity index (χ2v) is 5.33. The van der Waals surface area contributed by atoms with Crippen LogP contribution < -0.4 is 0 Å². The number of carboxylic acid groups (broad SMARTS) is 1. The minimum atomic E-state index is -0.883. The van der Waals surface area contributed by atoms with E-state index in [1.807, 2.05) is 48.5 Å². The van der Waals surface area contributed by atoms with Gasteiger partial charge in [-0.25, -0.2) is 4.98 Å². The Labute approximate surface area is 123 Å². The number of carboxylic acids is 1. The number of aromatic nitrogens is 2. The first-order valence-corrected chi connectivity index (χ1v) is 6.87. The van der Waals surface area contributed by atoms with Crippen LogP contribution in [-0.4, -0.2) is 20.6 Å². The van der Waals surface area contributed by atoms with Gasteiger partial charge in [0.05, 0.1) is 11.0 Å². The standard InChI is InChI=1S/C15H11BrN2O2/c16-11-7-5-10(6-8-11)15-17-12-3-1-2-4-13(12)18(15)9-14(19)20/h1-8H,9H2,(H,19,20). The minimum absolute atomic E-state index is 0.105. The highest BCUT2D eigenvalue weighted by molar-refractivity contribution is 9.10. The number of carbonyl (C=O) groups is 1. The lowest BCUT2D eigenvalue weighted by Gasteiger charge is -2.06. The minimum Gasteiger partial charge on any atom is -0.480 e. The molecule has 4 nitrogen and oxygen atoms in total. The molecular weight excluding hydrogens is 320 g/mol. The zero-order chi connectivity index (χ0) is 14.1. The lowest BCUT2D eigenvalue weighted by molar-refractivity contribution is -0.137. The molecule has 100 valence electrons. The molecule has 3 rings (SSSR count).